The molecule has 5 rings (SSSR count). The lowest BCUT2D eigenvalue weighted by Gasteiger charge is -2.28. The number of benzene rings is 2. The van der Waals surface area contributed by atoms with Gasteiger partial charge in [-0.1, -0.05) is 30.3 Å². The van der Waals surface area contributed by atoms with E-state index in [9.17, 15) is 4.79 Å². The van der Waals surface area contributed by atoms with Gasteiger partial charge in [-0.3, -0.25) is 9.69 Å². The fourth-order valence-electron chi connectivity index (χ4n) is 5.25. The standard InChI is InChI=1S/C27H32N4O2/c1-19-9-3-4-13-23(19)31-24-14-8-12-22(24)26(29-31)27(32)28-18-25(30-15-5-6-16-30)20-10-7-11-21(17-20)33-2/h3-4,7,9-11,13,17,25H,5-6,8,12,14-16,18H2,1-2H3,(H,28,32). The molecule has 1 aliphatic heterocycles. The first-order valence-corrected chi connectivity index (χ1v) is 12.0. The van der Waals surface area contributed by atoms with Crippen LogP contribution in [0.2, 0.25) is 0 Å². The SMILES string of the molecule is COc1cccc(C(CNC(=O)c2nn(-c3ccccc3C)c3c2CCC3)N2CCCC2)c1. The van der Waals surface area contributed by atoms with E-state index in [1.165, 1.54) is 24.1 Å². The Balaban J connectivity index is 1.40. The second kappa shape index (κ2) is 9.40. The number of nitrogens with one attached hydrogen (secondary N) is 1. The van der Waals surface area contributed by atoms with Crippen molar-refractivity contribution in [3.05, 3.63) is 76.6 Å². The van der Waals surface area contributed by atoms with Gasteiger partial charge in [0.25, 0.3) is 5.91 Å². The number of nitrogens with zero attached hydrogens (tertiary/aromatic N) is 3. The number of rotatable bonds is 7. The Bertz CT molecular complexity index is 1150. The molecule has 2 aromatic carbocycles. The smallest absolute Gasteiger partial charge is 0.272 e. The lowest BCUT2D eigenvalue weighted by atomic mass is 10.0. The summed E-state index contributed by atoms with van der Waals surface area (Å²) in [4.78, 5) is 15.8. The van der Waals surface area contributed by atoms with Gasteiger partial charge in [0, 0.05) is 17.8 Å². The molecule has 1 aliphatic carbocycles. The number of amides is 1. The summed E-state index contributed by atoms with van der Waals surface area (Å²) >= 11 is 0. The number of fused-ring (bicyclic) bond motifs is 1. The number of carbonyl (C=O) groups is 1. The molecule has 1 atom stereocenters. The molecule has 2 heterocycles. The van der Waals surface area contributed by atoms with E-state index in [2.05, 4.69) is 41.4 Å². The van der Waals surface area contributed by atoms with Crippen molar-refractivity contribution in [2.45, 2.75) is 45.1 Å². The maximum Gasteiger partial charge on any atom is 0.272 e. The fraction of sp³-hybridized carbons (Fsp3) is 0.407. The number of aromatic nitrogens is 2. The van der Waals surface area contributed by atoms with Crippen LogP contribution < -0.4 is 10.1 Å². The van der Waals surface area contributed by atoms with Gasteiger partial charge in [0.1, 0.15) is 5.75 Å². The monoisotopic (exact) mass is 444 g/mol. The van der Waals surface area contributed by atoms with Crippen LogP contribution in [0.15, 0.2) is 48.5 Å². The first-order chi connectivity index (χ1) is 16.2. The molecule has 1 aromatic heterocycles. The molecule has 0 radical (unpaired) electrons. The van der Waals surface area contributed by atoms with Crippen LogP contribution >= 0.6 is 0 Å². The number of hydrogen-bond donors (Lipinski definition) is 1. The second-order valence-corrected chi connectivity index (χ2v) is 9.07. The van der Waals surface area contributed by atoms with E-state index >= 15 is 0 Å². The Labute approximate surface area is 195 Å². The molecule has 1 saturated heterocycles. The molecule has 33 heavy (non-hydrogen) atoms. The number of methoxy groups -OCH3 is 1. The third-order valence-electron chi connectivity index (χ3n) is 7.00. The Kier molecular flexibility index (Phi) is 6.18. The van der Waals surface area contributed by atoms with Crippen LogP contribution in [0.4, 0.5) is 0 Å². The van der Waals surface area contributed by atoms with Gasteiger partial charge in [-0.25, -0.2) is 4.68 Å². The van der Waals surface area contributed by atoms with Crippen molar-refractivity contribution in [1.29, 1.82) is 0 Å². The first-order valence-electron chi connectivity index (χ1n) is 12.0. The summed E-state index contributed by atoms with van der Waals surface area (Å²) in [5.74, 6) is 0.769. The van der Waals surface area contributed by atoms with Gasteiger partial charge in [-0.2, -0.15) is 5.10 Å². The highest BCUT2D eigenvalue weighted by Crippen LogP contribution is 2.30. The molecule has 0 bridgehead atoms. The Morgan fingerprint density at radius 3 is 2.70 bits per heavy atom. The van der Waals surface area contributed by atoms with E-state index in [0.717, 1.165) is 54.9 Å². The maximum absolute atomic E-state index is 13.4. The molecular formula is C27H32N4O2. The summed E-state index contributed by atoms with van der Waals surface area (Å²) in [6.45, 7) is 4.75. The summed E-state index contributed by atoms with van der Waals surface area (Å²) in [5, 5.41) is 8.03. The van der Waals surface area contributed by atoms with Gasteiger partial charge in [-0.05, 0) is 81.4 Å². The summed E-state index contributed by atoms with van der Waals surface area (Å²) in [6, 6.07) is 16.6. The molecule has 6 nitrogen and oxygen atoms in total. The van der Waals surface area contributed by atoms with Crippen LogP contribution in [0.1, 0.15) is 58.2 Å². The lowest BCUT2D eigenvalue weighted by molar-refractivity contribution is 0.0931. The molecule has 1 N–H and O–H groups in total. The zero-order valence-corrected chi connectivity index (χ0v) is 19.5. The molecule has 2 aliphatic rings. The van der Waals surface area contributed by atoms with Crippen LogP contribution in [0, 0.1) is 6.92 Å². The lowest BCUT2D eigenvalue weighted by Crippen LogP contribution is -2.37. The largest absolute Gasteiger partial charge is 0.497 e. The summed E-state index contributed by atoms with van der Waals surface area (Å²) in [5.41, 5.74) is 6.26. The van der Waals surface area contributed by atoms with Crippen LogP contribution in [0.3, 0.4) is 0 Å². The summed E-state index contributed by atoms with van der Waals surface area (Å²) in [7, 11) is 1.69. The van der Waals surface area contributed by atoms with Gasteiger partial charge in [0.05, 0.1) is 18.8 Å². The van der Waals surface area contributed by atoms with E-state index in [0.29, 0.717) is 12.2 Å². The van der Waals surface area contributed by atoms with Crippen LogP contribution in [-0.2, 0) is 12.8 Å². The van der Waals surface area contributed by atoms with Crippen molar-refractivity contribution >= 4 is 5.91 Å². The van der Waals surface area contributed by atoms with Gasteiger partial charge in [0.15, 0.2) is 5.69 Å². The third-order valence-corrected chi connectivity index (χ3v) is 7.00. The average Bonchev–Trinajstić information content (AvgIpc) is 3.58. The third kappa shape index (κ3) is 4.27. The van der Waals surface area contributed by atoms with Crippen LogP contribution in [-0.4, -0.2) is 47.3 Å². The van der Waals surface area contributed by atoms with Gasteiger partial charge in [0.2, 0.25) is 0 Å². The van der Waals surface area contributed by atoms with Crippen molar-refractivity contribution in [2.75, 3.05) is 26.7 Å². The summed E-state index contributed by atoms with van der Waals surface area (Å²) in [6.07, 6.45) is 5.34. The number of aryl methyl sites for hydroxylation is 1. The van der Waals surface area contributed by atoms with E-state index in [-0.39, 0.29) is 11.9 Å². The maximum atomic E-state index is 13.4. The molecule has 6 heteroatoms. The predicted octanol–water partition coefficient (Wildman–Crippen LogP) is 4.24. The number of likely N-dealkylation sites (tertiary alicyclic amines) is 1. The Morgan fingerprint density at radius 1 is 1.09 bits per heavy atom. The molecular weight excluding hydrogens is 412 g/mol. The molecule has 0 saturated carbocycles. The Hall–Kier alpha value is -3.12. The average molecular weight is 445 g/mol. The highest BCUT2D eigenvalue weighted by Gasteiger charge is 2.29. The molecule has 0 spiro atoms. The van der Waals surface area contributed by atoms with Gasteiger partial charge in [-0.15, -0.1) is 0 Å². The highest BCUT2D eigenvalue weighted by atomic mass is 16.5. The molecule has 1 amide bonds. The molecule has 3 aromatic rings. The van der Waals surface area contributed by atoms with Crippen molar-refractivity contribution < 1.29 is 9.53 Å². The van der Waals surface area contributed by atoms with E-state index < -0.39 is 0 Å². The number of hydrogen-bond acceptors (Lipinski definition) is 4. The molecule has 1 unspecified atom stereocenters. The first kappa shape index (κ1) is 21.7. The van der Waals surface area contributed by atoms with Crippen molar-refractivity contribution in [3.63, 3.8) is 0 Å². The fourth-order valence-corrected chi connectivity index (χ4v) is 5.25. The van der Waals surface area contributed by atoms with Crippen molar-refractivity contribution in [3.8, 4) is 11.4 Å². The number of para-hydroxylation sites is 1. The van der Waals surface area contributed by atoms with Crippen molar-refractivity contribution in [2.24, 2.45) is 0 Å². The minimum Gasteiger partial charge on any atom is -0.497 e. The quantitative estimate of drug-likeness (QED) is 0.592. The van der Waals surface area contributed by atoms with E-state index in [1.54, 1.807) is 7.11 Å². The number of ether oxygens (including phenoxy) is 1. The highest BCUT2D eigenvalue weighted by molar-refractivity contribution is 5.94. The van der Waals surface area contributed by atoms with Crippen molar-refractivity contribution in [1.82, 2.24) is 20.0 Å². The van der Waals surface area contributed by atoms with Crippen LogP contribution in [0.5, 0.6) is 5.75 Å². The molecule has 172 valence electrons. The van der Waals surface area contributed by atoms with Crippen LogP contribution in [0.25, 0.3) is 5.69 Å². The van der Waals surface area contributed by atoms with E-state index in [4.69, 9.17) is 9.84 Å². The summed E-state index contributed by atoms with van der Waals surface area (Å²) < 4.78 is 7.44. The zero-order chi connectivity index (χ0) is 22.8. The normalized spacial score (nSPS) is 16.5. The predicted molar refractivity (Wildman–Crippen MR) is 129 cm³/mol. The Morgan fingerprint density at radius 2 is 1.91 bits per heavy atom. The minimum absolute atomic E-state index is 0.0763. The molecule has 1 fully saturated rings. The minimum atomic E-state index is -0.0763. The van der Waals surface area contributed by atoms with Gasteiger partial charge < -0.3 is 10.1 Å². The topological polar surface area (TPSA) is 59.4 Å². The van der Waals surface area contributed by atoms with E-state index in [1.807, 2.05) is 28.9 Å². The van der Waals surface area contributed by atoms with Gasteiger partial charge >= 0.3 is 0 Å². The number of carbonyl (C=O) groups excluding carboxylic acids is 1. The zero-order valence-electron chi connectivity index (χ0n) is 19.5. The second-order valence-electron chi connectivity index (χ2n) is 9.07.